The molecule has 1 amide bonds. The van der Waals surface area contributed by atoms with Crippen molar-refractivity contribution in [1.82, 2.24) is 14.9 Å². The fourth-order valence-corrected chi connectivity index (χ4v) is 2.47. The molecular formula is C12H16N4O2. The van der Waals surface area contributed by atoms with Crippen LogP contribution in [0.5, 0.6) is 0 Å². The smallest absolute Gasteiger partial charge is 0.248 e. The molecular weight excluding hydrogens is 232 g/mol. The van der Waals surface area contributed by atoms with Crippen molar-refractivity contribution in [3.05, 3.63) is 18.0 Å². The highest BCUT2D eigenvalue weighted by Gasteiger charge is 2.42. The zero-order chi connectivity index (χ0) is 12.7. The van der Waals surface area contributed by atoms with E-state index in [2.05, 4.69) is 14.9 Å². The molecule has 3 rings (SSSR count). The number of nitrogens with zero attached hydrogens (tertiary/aromatic N) is 4. The molecule has 6 nitrogen and oxygen atoms in total. The van der Waals surface area contributed by atoms with E-state index in [0.717, 1.165) is 18.7 Å². The predicted octanol–water partition coefficient (Wildman–Crippen LogP) is -0.169. The minimum absolute atomic E-state index is 0.0444. The summed E-state index contributed by atoms with van der Waals surface area (Å²) in [5, 5.41) is 0. The molecule has 6 heteroatoms. The van der Waals surface area contributed by atoms with Gasteiger partial charge in [-0.05, 0) is 12.5 Å². The predicted molar refractivity (Wildman–Crippen MR) is 65.3 cm³/mol. The van der Waals surface area contributed by atoms with E-state index in [9.17, 15) is 4.79 Å². The molecule has 1 aromatic heterocycles. The van der Waals surface area contributed by atoms with Gasteiger partial charge in [0.25, 0.3) is 0 Å². The van der Waals surface area contributed by atoms with Crippen LogP contribution in [0, 0.1) is 6.92 Å². The third-order valence-corrected chi connectivity index (χ3v) is 3.60. The van der Waals surface area contributed by atoms with Crippen LogP contribution >= 0.6 is 0 Å². The van der Waals surface area contributed by atoms with Crippen LogP contribution in [0.1, 0.15) is 5.56 Å². The summed E-state index contributed by atoms with van der Waals surface area (Å²) in [5.41, 5.74) is 1.04. The lowest BCUT2D eigenvalue weighted by Gasteiger charge is -2.33. The molecule has 2 atom stereocenters. The number of amides is 1. The summed E-state index contributed by atoms with van der Waals surface area (Å²) in [5.74, 6) is 0.752. The second-order valence-electron chi connectivity index (χ2n) is 4.89. The number of likely N-dealkylation sites (N-methyl/N-ethyl adjacent to an activating group) is 1. The summed E-state index contributed by atoms with van der Waals surface area (Å²) in [7, 11) is 1.84. The van der Waals surface area contributed by atoms with E-state index in [1.54, 1.807) is 17.3 Å². The van der Waals surface area contributed by atoms with Crippen molar-refractivity contribution >= 4 is 11.9 Å². The standard InChI is InChI=1S/C12H16N4O2/c1-8-3-13-12(14-4-8)16-5-9-10(6-16)18-7-11(17)15(9)2/h3-4,9-10H,5-7H2,1-2H3/t9-,10-/m1/s1. The summed E-state index contributed by atoms with van der Waals surface area (Å²) in [6.07, 6.45) is 3.68. The Kier molecular flexibility index (Phi) is 2.66. The number of carbonyl (C=O) groups excluding carboxylic acids is 1. The van der Waals surface area contributed by atoms with Crippen molar-refractivity contribution in [2.24, 2.45) is 0 Å². The molecule has 96 valence electrons. The van der Waals surface area contributed by atoms with E-state index in [4.69, 9.17) is 4.74 Å². The van der Waals surface area contributed by atoms with Gasteiger partial charge in [-0.3, -0.25) is 4.79 Å². The molecule has 2 saturated heterocycles. The minimum atomic E-state index is 0.0444. The van der Waals surface area contributed by atoms with Gasteiger partial charge in [-0.25, -0.2) is 9.97 Å². The van der Waals surface area contributed by atoms with E-state index in [-0.39, 0.29) is 24.7 Å². The van der Waals surface area contributed by atoms with Gasteiger partial charge in [0.2, 0.25) is 11.9 Å². The third kappa shape index (κ3) is 1.82. The molecule has 2 aliphatic heterocycles. The van der Waals surface area contributed by atoms with E-state index in [1.165, 1.54) is 0 Å². The number of aryl methyl sites for hydroxylation is 1. The summed E-state index contributed by atoms with van der Waals surface area (Å²) in [6, 6.07) is 0.108. The average molecular weight is 248 g/mol. The summed E-state index contributed by atoms with van der Waals surface area (Å²) < 4.78 is 5.57. The number of anilines is 1. The molecule has 0 unspecified atom stereocenters. The summed E-state index contributed by atoms with van der Waals surface area (Å²) in [4.78, 5) is 24.1. The fourth-order valence-electron chi connectivity index (χ4n) is 2.47. The summed E-state index contributed by atoms with van der Waals surface area (Å²) >= 11 is 0. The molecule has 1 aromatic rings. The maximum atomic E-state index is 11.6. The Labute approximate surface area is 106 Å². The number of carbonyl (C=O) groups is 1. The average Bonchev–Trinajstić information content (AvgIpc) is 2.80. The molecule has 2 fully saturated rings. The lowest BCUT2D eigenvalue weighted by molar-refractivity contribution is -0.150. The number of ether oxygens (including phenoxy) is 1. The molecule has 0 saturated carbocycles. The highest BCUT2D eigenvalue weighted by Crippen LogP contribution is 2.24. The van der Waals surface area contributed by atoms with Crippen molar-refractivity contribution in [2.75, 3.05) is 31.6 Å². The number of morpholine rings is 1. The van der Waals surface area contributed by atoms with Crippen LogP contribution in [0.3, 0.4) is 0 Å². The molecule has 18 heavy (non-hydrogen) atoms. The first-order valence-corrected chi connectivity index (χ1v) is 6.06. The van der Waals surface area contributed by atoms with Gasteiger partial charge < -0.3 is 14.5 Å². The molecule has 0 aromatic carbocycles. The van der Waals surface area contributed by atoms with E-state index >= 15 is 0 Å². The van der Waals surface area contributed by atoms with Gasteiger partial charge in [-0.2, -0.15) is 0 Å². The monoisotopic (exact) mass is 248 g/mol. The highest BCUT2D eigenvalue weighted by molar-refractivity contribution is 5.78. The number of rotatable bonds is 1. The van der Waals surface area contributed by atoms with E-state index in [1.807, 2.05) is 14.0 Å². The molecule has 2 aliphatic rings. The quantitative estimate of drug-likeness (QED) is 0.690. The topological polar surface area (TPSA) is 58.6 Å². The Morgan fingerprint density at radius 2 is 2.06 bits per heavy atom. The van der Waals surface area contributed by atoms with Crippen LogP contribution in [-0.4, -0.2) is 59.7 Å². The maximum absolute atomic E-state index is 11.6. The lowest BCUT2D eigenvalue weighted by atomic mass is 10.1. The molecule has 0 N–H and O–H groups in total. The van der Waals surface area contributed by atoms with Crippen LogP contribution in [0.25, 0.3) is 0 Å². The first-order chi connectivity index (χ1) is 8.65. The Bertz CT molecular complexity index is 462. The molecule has 3 heterocycles. The van der Waals surface area contributed by atoms with Crippen LogP contribution in [0.2, 0.25) is 0 Å². The Hall–Kier alpha value is -1.69. The number of hydrogen-bond donors (Lipinski definition) is 0. The molecule has 0 spiro atoms. The summed E-state index contributed by atoms with van der Waals surface area (Å²) in [6.45, 7) is 3.62. The Morgan fingerprint density at radius 3 is 2.78 bits per heavy atom. The van der Waals surface area contributed by atoms with Gasteiger partial charge >= 0.3 is 0 Å². The molecule has 0 bridgehead atoms. The van der Waals surface area contributed by atoms with Crippen molar-refractivity contribution < 1.29 is 9.53 Å². The van der Waals surface area contributed by atoms with E-state index < -0.39 is 0 Å². The van der Waals surface area contributed by atoms with Gasteiger partial charge in [-0.1, -0.05) is 0 Å². The highest BCUT2D eigenvalue weighted by atomic mass is 16.5. The maximum Gasteiger partial charge on any atom is 0.248 e. The number of hydrogen-bond acceptors (Lipinski definition) is 5. The van der Waals surface area contributed by atoms with Crippen LogP contribution in [0.15, 0.2) is 12.4 Å². The zero-order valence-corrected chi connectivity index (χ0v) is 10.5. The third-order valence-electron chi connectivity index (χ3n) is 3.60. The molecule has 0 aliphatic carbocycles. The van der Waals surface area contributed by atoms with Crippen LogP contribution < -0.4 is 4.90 Å². The Balaban J connectivity index is 1.78. The number of fused-ring (bicyclic) bond motifs is 1. The van der Waals surface area contributed by atoms with Crippen LogP contribution in [0.4, 0.5) is 5.95 Å². The molecule has 0 radical (unpaired) electrons. The fraction of sp³-hybridized carbons (Fsp3) is 0.583. The van der Waals surface area contributed by atoms with Crippen molar-refractivity contribution in [2.45, 2.75) is 19.1 Å². The normalized spacial score (nSPS) is 27.6. The first-order valence-electron chi connectivity index (χ1n) is 6.06. The lowest BCUT2D eigenvalue weighted by Crippen LogP contribution is -2.51. The van der Waals surface area contributed by atoms with Crippen LogP contribution in [-0.2, 0) is 9.53 Å². The van der Waals surface area contributed by atoms with Crippen molar-refractivity contribution in [3.8, 4) is 0 Å². The van der Waals surface area contributed by atoms with Gasteiger partial charge in [0.05, 0.1) is 12.1 Å². The second kappa shape index (κ2) is 4.20. The van der Waals surface area contributed by atoms with Crippen molar-refractivity contribution in [3.63, 3.8) is 0 Å². The number of aromatic nitrogens is 2. The second-order valence-corrected chi connectivity index (χ2v) is 4.89. The Morgan fingerprint density at radius 1 is 1.33 bits per heavy atom. The SMILES string of the molecule is Cc1cnc(N2C[C@@H]3[C@@H](C2)OCC(=O)N3C)nc1. The minimum Gasteiger partial charge on any atom is -0.364 e. The van der Waals surface area contributed by atoms with Gasteiger partial charge in [0.1, 0.15) is 6.61 Å². The van der Waals surface area contributed by atoms with Gasteiger partial charge in [0, 0.05) is 32.5 Å². The zero-order valence-electron chi connectivity index (χ0n) is 10.5. The van der Waals surface area contributed by atoms with E-state index in [0.29, 0.717) is 5.95 Å². The first kappa shape index (κ1) is 11.4. The van der Waals surface area contributed by atoms with Gasteiger partial charge in [-0.15, -0.1) is 0 Å². The van der Waals surface area contributed by atoms with Gasteiger partial charge in [0.15, 0.2) is 0 Å². The largest absolute Gasteiger partial charge is 0.364 e. The van der Waals surface area contributed by atoms with Crippen molar-refractivity contribution in [1.29, 1.82) is 0 Å².